The first-order valence-corrected chi connectivity index (χ1v) is 9.37. The number of carbonyl (C=O) groups excluding carboxylic acids is 1. The molecule has 0 aliphatic rings. The van der Waals surface area contributed by atoms with Crippen LogP contribution in [0.3, 0.4) is 0 Å². The van der Waals surface area contributed by atoms with Crippen molar-refractivity contribution < 1.29 is 18.0 Å². The second kappa shape index (κ2) is 7.96. The van der Waals surface area contributed by atoms with E-state index in [2.05, 4.69) is 12.2 Å². The standard InChI is InChI=1S/C21H18F3NOS/c1-2-14-5-7-15(8-6-14)19(18-4-3-13-27-18)25-20(26)16-9-11-17(12-10-16)21(22,23)24/h3-13,19H,2H2,1H3,(H,25,26)/t19-/m0/s1. The predicted octanol–water partition coefficient (Wildman–Crippen LogP) is 5.85. The van der Waals surface area contributed by atoms with Gasteiger partial charge in [-0.1, -0.05) is 37.3 Å². The first-order chi connectivity index (χ1) is 12.9. The number of hydrogen-bond donors (Lipinski definition) is 1. The number of hydrogen-bond acceptors (Lipinski definition) is 2. The molecule has 0 spiro atoms. The Morgan fingerprint density at radius 3 is 2.22 bits per heavy atom. The van der Waals surface area contributed by atoms with Crippen molar-refractivity contribution in [3.8, 4) is 0 Å². The molecular weight excluding hydrogens is 371 g/mol. The highest BCUT2D eigenvalue weighted by molar-refractivity contribution is 7.10. The van der Waals surface area contributed by atoms with Crippen LogP contribution in [0.25, 0.3) is 0 Å². The van der Waals surface area contributed by atoms with E-state index in [1.165, 1.54) is 29.0 Å². The second-order valence-electron chi connectivity index (χ2n) is 6.09. The molecule has 1 amide bonds. The van der Waals surface area contributed by atoms with Crippen LogP contribution in [0.2, 0.25) is 0 Å². The first kappa shape index (κ1) is 19.2. The molecule has 2 nitrogen and oxygen atoms in total. The summed E-state index contributed by atoms with van der Waals surface area (Å²) in [5, 5.41) is 4.86. The molecule has 1 heterocycles. The van der Waals surface area contributed by atoms with Gasteiger partial charge >= 0.3 is 6.18 Å². The van der Waals surface area contributed by atoms with E-state index in [0.717, 1.165) is 29.0 Å². The lowest BCUT2D eigenvalue weighted by atomic mass is 10.0. The molecule has 0 radical (unpaired) electrons. The average Bonchev–Trinajstić information content (AvgIpc) is 3.20. The summed E-state index contributed by atoms with van der Waals surface area (Å²) in [5.41, 5.74) is 1.53. The van der Waals surface area contributed by atoms with Gasteiger partial charge in [0.05, 0.1) is 11.6 Å². The number of thiophene rings is 1. The molecule has 0 saturated carbocycles. The van der Waals surface area contributed by atoms with E-state index in [4.69, 9.17) is 0 Å². The molecule has 3 aromatic rings. The van der Waals surface area contributed by atoms with Crippen molar-refractivity contribution in [2.75, 3.05) is 0 Å². The summed E-state index contributed by atoms with van der Waals surface area (Å²) in [7, 11) is 0. The van der Waals surface area contributed by atoms with Gasteiger partial charge in [0.1, 0.15) is 0 Å². The molecule has 27 heavy (non-hydrogen) atoms. The quantitative estimate of drug-likeness (QED) is 0.583. The molecule has 3 rings (SSSR count). The number of aryl methyl sites for hydroxylation is 1. The summed E-state index contributed by atoms with van der Waals surface area (Å²) in [6, 6.07) is 15.7. The molecule has 0 fully saturated rings. The lowest BCUT2D eigenvalue weighted by Gasteiger charge is -2.19. The molecule has 0 unspecified atom stereocenters. The highest BCUT2D eigenvalue weighted by Gasteiger charge is 2.30. The summed E-state index contributed by atoms with van der Waals surface area (Å²) in [4.78, 5) is 13.6. The van der Waals surface area contributed by atoms with E-state index in [1.807, 2.05) is 41.8 Å². The van der Waals surface area contributed by atoms with Gasteiger partial charge in [0.2, 0.25) is 0 Å². The van der Waals surface area contributed by atoms with Crippen LogP contribution < -0.4 is 5.32 Å². The summed E-state index contributed by atoms with van der Waals surface area (Å²) in [6.07, 6.45) is -3.50. The molecule has 0 bridgehead atoms. The van der Waals surface area contributed by atoms with Crippen LogP contribution in [-0.2, 0) is 12.6 Å². The largest absolute Gasteiger partial charge is 0.416 e. The van der Waals surface area contributed by atoms with Gasteiger partial charge in [-0.3, -0.25) is 4.79 Å². The zero-order valence-electron chi connectivity index (χ0n) is 14.6. The van der Waals surface area contributed by atoms with Crippen molar-refractivity contribution in [1.82, 2.24) is 5.32 Å². The van der Waals surface area contributed by atoms with Crippen LogP contribution in [0.5, 0.6) is 0 Å². The Bertz CT molecular complexity index is 885. The van der Waals surface area contributed by atoms with Gasteiger partial charge in [-0.05, 0) is 53.3 Å². The van der Waals surface area contributed by atoms with Crippen molar-refractivity contribution in [2.24, 2.45) is 0 Å². The highest BCUT2D eigenvalue weighted by Crippen LogP contribution is 2.30. The van der Waals surface area contributed by atoms with Crippen molar-refractivity contribution in [3.63, 3.8) is 0 Å². The van der Waals surface area contributed by atoms with Gasteiger partial charge in [-0.25, -0.2) is 0 Å². The van der Waals surface area contributed by atoms with Gasteiger partial charge in [0, 0.05) is 10.4 Å². The minimum absolute atomic E-state index is 0.190. The minimum Gasteiger partial charge on any atom is -0.340 e. The van der Waals surface area contributed by atoms with E-state index in [1.54, 1.807) is 0 Å². The normalized spacial score (nSPS) is 12.6. The molecule has 1 aromatic heterocycles. The molecule has 0 saturated heterocycles. The Kier molecular flexibility index (Phi) is 5.65. The maximum atomic E-state index is 12.7. The maximum absolute atomic E-state index is 12.7. The molecule has 1 atom stereocenters. The Morgan fingerprint density at radius 1 is 1.04 bits per heavy atom. The maximum Gasteiger partial charge on any atom is 0.416 e. The van der Waals surface area contributed by atoms with Crippen molar-refractivity contribution in [2.45, 2.75) is 25.6 Å². The smallest absolute Gasteiger partial charge is 0.340 e. The summed E-state index contributed by atoms with van der Waals surface area (Å²) < 4.78 is 38.1. The molecule has 6 heteroatoms. The molecular formula is C21H18F3NOS. The van der Waals surface area contributed by atoms with E-state index >= 15 is 0 Å². The molecule has 2 aromatic carbocycles. The summed E-state index contributed by atoms with van der Waals surface area (Å²) in [5.74, 6) is -0.415. The van der Waals surface area contributed by atoms with Crippen molar-refractivity contribution in [3.05, 3.63) is 93.2 Å². The van der Waals surface area contributed by atoms with Crippen LogP contribution in [0, 0.1) is 0 Å². The Morgan fingerprint density at radius 2 is 1.70 bits per heavy atom. The Hall–Kier alpha value is -2.60. The Balaban J connectivity index is 1.84. The fourth-order valence-electron chi connectivity index (χ4n) is 2.75. The van der Waals surface area contributed by atoms with E-state index in [-0.39, 0.29) is 11.6 Å². The highest BCUT2D eigenvalue weighted by atomic mass is 32.1. The zero-order chi connectivity index (χ0) is 19.4. The summed E-state index contributed by atoms with van der Waals surface area (Å²) >= 11 is 1.52. The molecule has 1 N–H and O–H groups in total. The Labute approximate surface area is 159 Å². The van der Waals surface area contributed by atoms with Gasteiger partial charge in [0.15, 0.2) is 0 Å². The predicted molar refractivity (Wildman–Crippen MR) is 101 cm³/mol. The third-order valence-electron chi connectivity index (χ3n) is 4.30. The fraction of sp³-hybridized carbons (Fsp3) is 0.190. The molecule has 0 aliphatic carbocycles. The minimum atomic E-state index is -4.42. The van der Waals surface area contributed by atoms with Crippen LogP contribution in [0.4, 0.5) is 13.2 Å². The molecule has 0 aliphatic heterocycles. The van der Waals surface area contributed by atoms with Gasteiger partial charge < -0.3 is 5.32 Å². The van der Waals surface area contributed by atoms with E-state index < -0.39 is 17.6 Å². The lowest BCUT2D eigenvalue weighted by molar-refractivity contribution is -0.137. The number of halogens is 3. The number of carbonyl (C=O) groups is 1. The van der Waals surface area contributed by atoms with Crippen LogP contribution >= 0.6 is 11.3 Å². The van der Waals surface area contributed by atoms with Crippen LogP contribution in [0.1, 0.15) is 44.9 Å². The third-order valence-corrected chi connectivity index (χ3v) is 5.24. The van der Waals surface area contributed by atoms with Crippen molar-refractivity contribution >= 4 is 17.2 Å². The van der Waals surface area contributed by atoms with Crippen molar-refractivity contribution in [1.29, 1.82) is 0 Å². The number of benzene rings is 2. The third kappa shape index (κ3) is 4.57. The number of nitrogens with one attached hydrogen (secondary N) is 1. The van der Waals surface area contributed by atoms with Gasteiger partial charge in [0.25, 0.3) is 5.91 Å². The zero-order valence-corrected chi connectivity index (χ0v) is 15.4. The second-order valence-corrected chi connectivity index (χ2v) is 7.07. The average molecular weight is 389 g/mol. The number of rotatable bonds is 5. The fourth-order valence-corrected chi connectivity index (χ4v) is 3.55. The SMILES string of the molecule is CCc1ccc([C@H](NC(=O)c2ccc(C(F)(F)F)cc2)c2cccs2)cc1. The number of amides is 1. The van der Waals surface area contributed by atoms with Crippen LogP contribution in [-0.4, -0.2) is 5.91 Å². The first-order valence-electron chi connectivity index (χ1n) is 8.49. The molecule has 140 valence electrons. The van der Waals surface area contributed by atoms with Gasteiger partial charge in [-0.15, -0.1) is 11.3 Å². The van der Waals surface area contributed by atoms with Gasteiger partial charge in [-0.2, -0.15) is 13.2 Å². The van der Waals surface area contributed by atoms with Crippen LogP contribution in [0.15, 0.2) is 66.0 Å². The summed E-state index contributed by atoms with van der Waals surface area (Å²) in [6.45, 7) is 2.07. The topological polar surface area (TPSA) is 29.1 Å². The lowest BCUT2D eigenvalue weighted by Crippen LogP contribution is -2.28. The van der Waals surface area contributed by atoms with E-state index in [0.29, 0.717) is 0 Å². The van der Waals surface area contributed by atoms with E-state index in [9.17, 15) is 18.0 Å². The number of alkyl halides is 3. The monoisotopic (exact) mass is 389 g/mol.